The van der Waals surface area contributed by atoms with E-state index in [9.17, 15) is 0 Å². The molecule has 0 N–H and O–H groups in total. The number of hydrogen-bond acceptors (Lipinski definition) is 0. The third-order valence-electron chi connectivity index (χ3n) is 3.77. The van der Waals surface area contributed by atoms with Crippen LogP contribution in [0.1, 0.15) is 0 Å². The van der Waals surface area contributed by atoms with Gasteiger partial charge >= 0.3 is 0 Å². The van der Waals surface area contributed by atoms with Gasteiger partial charge in [-0.25, -0.2) is 0 Å². The topological polar surface area (TPSA) is 0 Å². The molecule has 0 fully saturated rings. The van der Waals surface area contributed by atoms with E-state index in [4.69, 9.17) is 0 Å². The van der Waals surface area contributed by atoms with Gasteiger partial charge in [-0.05, 0) is 0 Å². The fourth-order valence-corrected chi connectivity index (χ4v) is 5.93. The van der Waals surface area contributed by atoms with Crippen molar-refractivity contribution >= 4 is 24.2 Å². The molecule has 1 aliphatic carbocycles. The standard InChI is InChI=1S/C17H32Si3/c1-18(2,3)15-11-10-12-16(19(4,5)6)14-17(13-15)20(7,8)9/h10-14H,1-9H3/b11-10-,12-10?,15-11?,15-13+,16-12+,16-14?,17-13?,17-14+. The molecular formula is C17H32Si3. The Kier molecular flexibility index (Phi) is 5.10. The van der Waals surface area contributed by atoms with Crippen LogP contribution in [0.5, 0.6) is 0 Å². The van der Waals surface area contributed by atoms with Gasteiger partial charge in [0.1, 0.15) is 0 Å². The van der Waals surface area contributed by atoms with E-state index in [2.05, 4.69) is 89.3 Å². The van der Waals surface area contributed by atoms with Gasteiger partial charge in [-0.1, -0.05) is 105 Å². The van der Waals surface area contributed by atoms with Crippen molar-refractivity contribution in [1.82, 2.24) is 0 Å². The molecule has 0 amide bonds. The summed E-state index contributed by atoms with van der Waals surface area (Å²) in [7, 11) is -3.82. The van der Waals surface area contributed by atoms with Crippen molar-refractivity contribution in [2.75, 3.05) is 0 Å². The summed E-state index contributed by atoms with van der Waals surface area (Å²) in [5, 5.41) is 4.78. The molecule has 1 aliphatic rings. The zero-order valence-corrected chi connectivity index (χ0v) is 17.9. The lowest BCUT2D eigenvalue weighted by molar-refractivity contribution is 1.53. The molecule has 0 radical (unpaired) electrons. The van der Waals surface area contributed by atoms with E-state index in [0.29, 0.717) is 0 Å². The van der Waals surface area contributed by atoms with Gasteiger partial charge in [-0.3, -0.25) is 0 Å². The van der Waals surface area contributed by atoms with Crippen molar-refractivity contribution in [2.24, 2.45) is 0 Å². The molecule has 1 rings (SSSR count). The summed E-state index contributed by atoms with van der Waals surface area (Å²) >= 11 is 0. The summed E-state index contributed by atoms with van der Waals surface area (Å²) in [5.74, 6) is 0. The Hall–Kier alpha value is -0.389. The molecule has 0 unspecified atom stereocenters. The van der Waals surface area contributed by atoms with Crippen LogP contribution >= 0.6 is 0 Å². The van der Waals surface area contributed by atoms with Crippen molar-refractivity contribution in [2.45, 2.75) is 58.9 Å². The van der Waals surface area contributed by atoms with Gasteiger partial charge in [-0.15, -0.1) is 0 Å². The van der Waals surface area contributed by atoms with Gasteiger partial charge in [0.05, 0.1) is 24.2 Å². The predicted octanol–water partition coefficient (Wildman–Crippen LogP) is 5.97. The first-order valence-electron chi connectivity index (χ1n) is 7.65. The summed E-state index contributed by atoms with van der Waals surface area (Å²) in [4.78, 5) is 0. The molecule has 0 atom stereocenters. The Bertz CT molecular complexity index is 472. The molecule has 20 heavy (non-hydrogen) atoms. The predicted molar refractivity (Wildman–Crippen MR) is 103 cm³/mol. The number of hydrogen-bond donors (Lipinski definition) is 0. The molecule has 0 spiro atoms. The van der Waals surface area contributed by atoms with Crippen LogP contribution < -0.4 is 0 Å². The molecule has 0 aromatic heterocycles. The summed E-state index contributed by atoms with van der Waals surface area (Å²) in [6.45, 7) is 22.0. The van der Waals surface area contributed by atoms with Crippen LogP contribution in [0, 0.1) is 0 Å². The summed E-state index contributed by atoms with van der Waals surface area (Å²) in [5.41, 5.74) is 0. The van der Waals surface area contributed by atoms with Gasteiger partial charge in [0.2, 0.25) is 0 Å². The molecule has 0 nitrogen and oxygen atoms in total. The van der Waals surface area contributed by atoms with E-state index in [1.807, 2.05) is 0 Å². The molecule has 0 saturated carbocycles. The van der Waals surface area contributed by atoms with Crippen LogP contribution in [0.25, 0.3) is 0 Å². The Labute approximate surface area is 129 Å². The first kappa shape index (κ1) is 17.7. The largest absolute Gasteiger partial charge is 0.0775 e. The minimum atomic E-state index is -1.30. The average molecular weight is 321 g/mol. The fourth-order valence-electron chi connectivity index (χ4n) is 2.09. The Morgan fingerprint density at radius 2 is 0.950 bits per heavy atom. The second-order valence-corrected chi connectivity index (χ2v) is 24.2. The van der Waals surface area contributed by atoms with Gasteiger partial charge in [-0.2, -0.15) is 0 Å². The maximum absolute atomic E-state index is 2.53. The van der Waals surface area contributed by atoms with Gasteiger partial charge in [0.25, 0.3) is 0 Å². The van der Waals surface area contributed by atoms with Crippen molar-refractivity contribution < 1.29 is 0 Å². The maximum Gasteiger partial charge on any atom is 0.0775 e. The van der Waals surface area contributed by atoms with Crippen molar-refractivity contribution in [3.05, 3.63) is 46.0 Å². The third kappa shape index (κ3) is 4.86. The molecule has 0 heterocycles. The molecule has 0 aromatic carbocycles. The Morgan fingerprint density at radius 3 is 1.35 bits per heavy atom. The summed E-state index contributed by atoms with van der Waals surface area (Å²) in [6, 6.07) is 0. The van der Waals surface area contributed by atoms with E-state index in [-0.39, 0.29) is 0 Å². The zero-order valence-electron chi connectivity index (χ0n) is 14.9. The monoisotopic (exact) mass is 320 g/mol. The Morgan fingerprint density at radius 1 is 0.550 bits per heavy atom. The van der Waals surface area contributed by atoms with Crippen LogP contribution in [0.2, 0.25) is 58.9 Å². The molecule has 0 aromatic rings. The minimum absolute atomic E-state index is 1.26. The smallest absolute Gasteiger partial charge is 0.0656 e. The van der Waals surface area contributed by atoms with Crippen LogP contribution in [-0.2, 0) is 0 Å². The lowest BCUT2D eigenvalue weighted by Gasteiger charge is -2.27. The highest BCUT2D eigenvalue weighted by atomic mass is 28.3. The van der Waals surface area contributed by atoms with E-state index < -0.39 is 24.2 Å². The second kappa shape index (κ2) is 5.78. The van der Waals surface area contributed by atoms with Crippen LogP contribution in [0.15, 0.2) is 46.0 Å². The maximum atomic E-state index is 2.53. The molecule has 0 saturated heterocycles. The third-order valence-corrected chi connectivity index (χ3v) is 9.88. The van der Waals surface area contributed by atoms with E-state index in [0.717, 1.165) is 0 Å². The summed E-state index contributed by atoms with van der Waals surface area (Å²) < 4.78 is 0. The van der Waals surface area contributed by atoms with Crippen LogP contribution in [0.4, 0.5) is 0 Å². The quantitative estimate of drug-likeness (QED) is 0.562. The molecule has 0 aliphatic heterocycles. The molecule has 112 valence electrons. The lowest BCUT2D eigenvalue weighted by Crippen LogP contribution is -2.30. The highest BCUT2D eigenvalue weighted by Gasteiger charge is 2.26. The first-order valence-corrected chi connectivity index (χ1v) is 18.1. The molecular weight excluding hydrogens is 288 g/mol. The van der Waals surface area contributed by atoms with Crippen molar-refractivity contribution in [3.8, 4) is 0 Å². The average Bonchev–Trinajstić information content (AvgIpc) is 2.09. The Balaban J connectivity index is 3.43. The van der Waals surface area contributed by atoms with Crippen molar-refractivity contribution in [1.29, 1.82) is 0 Å². The van der Waals surface area contributed by atoms with Gasteiger partial charge in [0, 0.05) is 0 Å². The summed E-state index contributed by atoms with van der Waals surface area (Å²) in [6.07, 6.45) is 12.1. The molecule has 0 bridgehead atoms. The highest BCUT2D eigenvalue weighted by molar-refractivity contribution is 6.87. The second-order valence-electron chi connectivity index (χ2n) is 8.93. The van der Waals surface area contributed by atoms with E-state index in [1.165, 1.54) is 0 Å². The molecule has 3 heteroatoms. The van der Waals surface area contributed by atoms with Gasteiger partial charge < -0.3 is 0 Å². The lowest BCUT2D eigenvalue weighted by atomic mass is 10.3. The number of rotatable bonds is 3. The zero-order chi connectivity index (χ0) is 15.8. The van der Waals surface area contributed by atoms with E-state index >= 15 is 0 Å². The van der Waals surface area contributed by atoms with Gasteiger partial charge in [0.15, 0.2) is 0 Å². The van der Waals surface area contributed by atoms with Crippen LogP contribution in [-0.4, -0.2) is 24.2 Å². The number of allylic oxidation sites excluding steroid dienone is 8. The van der Waals surface area contributed by atoms with Crippen molar-refractivity contribution in [3.63, 3.8) is 0 Å². The minimum Gasteiger partial charge on any atom is -0.0656 e. The van der Waals surface area contributed by atoms with E-state index in [1.54, 1.807) is 15.6 Å². The normalized spacial score (nSPS) is 27.4. The highest BCUT2D eigenvalue weighted by Crippen LogP contribution is 2.28. The SMILES string of the molecule is C[Si](C)(C)C1=C/C([Si](C)(C)C)=C\C([Si](C)(C)C)=C/C=C\1. The fraction of sp³-hybridized carbons (Fsp3) is 0.529. The van der Waals surface area contributed by atoms with Crippen LogP contribution in [0.3, 0.4) is 0 Å². The first-order chi connectivity index (χ1) is 8.82.